The topological polar surface area (TPSA) is 41.8 Å². The van der Waals surface area contributed by atoms with E-state index in [9.17, 15) is 4.79 Å². The molecule has 0 aromatic heterocycles. The monoisotopic (exact) mass is 194 g/mol. The molecule has 1 aliphatic heterocycles. The second-order valence-electron chi connectivity index (χ2n) is 3.66. The molecule has 0 spiro atoms. The van der Waals surface area contributed by atoms with E-state index in [0.29, 0.717) is 0 Å². The van der Waals surface area contributed by atoms with E-state index in [1.807, 2.05) is 0 Å². The Kier molecular flexibility index (Phi) is 5.12. The van der Waals surface area contributed by atoms with Crippen molar-refractivity contribution >= 4 is 18.0 Å². The van der Waals surface area contributed by atoms with Crippen LogP contribution in [0.2, 0.25) is 0 Å². The van der Waals surface area contributed by atoms with Crippen molar-refractivity contribution in [2.24, 2.45) is 9.98 Å². The van der Waals surface area contributed by atoms with Gasteiger partial charge in [0.25, 0.3) is 0 Å². The third kappa shape index (κ3) is 4.30. The lowest BCUT2D eigenvalue weighted by Crippen LogP contribution is -1.95. The van der Waals surface area contributed by atoms with Crippen LogP contribution in [0.25, 0.3) is 0 Å². The Labute approximate surface area is 85.3 Å². The van der Waals surface area contributed by atoms with Crippen LogP contribution in [0.15, 0.2) is 9.98 Å². The lowest BCUT2D eigenvalue weighted by atomic mass is 10.1. The summed E-state index contributed by atoms with van der Waals surface area (Å²) in [5.74, 6) is 0. The first-order chi connectivity index (χ1) is 6.83. The van der Waals surface area contributed by atoms with Crippen LogP contribution in [0.3, 0.4) is 0 Å². The van der Waals surface area contributed by atoms with E-state index in [0.717, 1.165) is 18.6 Å². The van der Waals surface area contributed by atoms with E-state index < -0.39 is 0 Å². The molecule has 3 nitrogen and oxygen atoms in total. The van der Waals surface area contributed by atoms with Crippen molar-refractivity contribution in [3.05, 3.63) is 0 Å². The van der Waals surface area contributed by atoms with Gasteiger partial charge < -0.3 is 0 Å². The lowest BCUT2D eigenvalue weighted by Gasteiger charge is -1.98. The predicted molar refractivity (Wildman–Crippen MR) is 59.3 cm³/mol. The number of nitrogens with zero attached hydrogens (tertiary/aromatic N) is 2. The van der Waals surface area contributed by atoms with Gasteiger partial charge in [-0.2, -0.15) is 9.98 Å². The summed E-state index contributed by atoms with van der Waals surface area (Å²) in [5, 5.41) is 0. The van der Waals surface area contributed by atoms with Crippen LogP contribution < -0.4 is 0 Å². The number of hydrogen-bond donors (Lipinski definition) is 0. The molecule has 1 heterocycles. The Hall–Kier alpha value is -0.990. The summed E-state index contributed by atoms with van der Waals surface area (Å²) in [5.41, 5.74) is 0.852. The van der Waals surface area contributed by atoms with Crippen molar-refractivity contribution in [1.29, 1.82) is 0 Å². The van der Waals surface area contributed by atoms with Crippen molar-refractivity contribution < 1.29 is 4.79 Å². The summed E-state index contributed by atoms with van der Waals surface area (Å²) >= 11 is 0. The molecule has 0 fully saturated rings. The van der Waals surface area contributed by atoms with Gasteiger partial charge in [-0.3, -0.25) is 0 Å². The van der Waals surface area contributed by atoms with Crippen LogP contribution >= 0.6 is 0 Å². The molecule has 0 radical (unpaired) electrons. The zero-order chi connectivity index (χ0) is 10.2. The number of carbonyl (C=O) groups excluding carboxylic acids is 1. The third-order valence-corrected chi connectivity index (χ3v) is 2.35. The smallest absolute Gasteiger partial charge is 0.244 e. The van der Waals surface area contributed by atoms with Crippen LogP contribution in [-0.2, 0) is 0 Å². The molecule has 0 saturated heterocycles. The summed E-state index contributed by atoms with van der Waals surface area (Å²) in [6, 6.07) is -0.342. The number of carbonyl (C=O) groups is 1. The van der Waals surface area contributed by atoms with E-state index in [-0.39, 0.29) is 6.03 Å². The van der Waals surface area contributed by atoms with Crippen LogP contribution in [0, 0.1) is 0 Å². The fourth-order valence-corrected chi connectivity index (χ4v) is 1.52. The standard InChI is InChI=1S/C11H18N2O/c1-2-3-4-5-6-7-8-10-9-12-11(14)13-10/h9H,2-8H2,1H3. The maximum absolute atomic E-state index is 10.6. The van der Waals surface area contributed by atoms with Crippen molar-refractivity contribution in [2.45, 2.75) is 51.9 Å². The molecule has 0 aromatic rings. The van der Waals surface area contributed by atoms with Crippen LogP contribution in [0.4, 0.5) is 4.79 Å². The zero-order valence-electron chi connectivity index (χ0n) is 8.83. The molecule has 78 valence electrons. The molecule has 0 unspecified atom stereocenters. The number of amides is 2. The summed E-state index contributed by atoms with van der Waals surface area (Å²) in [4.78, 5) is 18.0. The van der Waals surface area contributed by atoms with Crippen molar-refractivity contribution in [1.82, 2.24) is 0 Å². The number of rotatable bonds is 7. The minimum Gasteiger partial charge on any atom is -0.244 e. The molecule has 0 aliphatic carbocycles. The largest absolute Gasteiger partial charge is 0.367 e. The van der Waals surface area contributed by atoms with Gasteiger partial charge in [-0.1, -0.05) is 39.0 Å². The van der Waals surface area contributed by atoms with Crippen molar-refractivity contribution in [3.63, 3.8) is 0 Å². The number of aliphatic imine (C=N–C) groups is 2. The third-order valence-electron chi connectivity index (χ3n) is 2.35. The second-order valence-corrected chi connectivity index (χ2v) is 3.66. The highest BCUT2D eigenvalue weighted by Crippen LogP contribution is 2.08. The fourth-order valence-electron chi connectivity index (χ4n) is 1.52. The maximum Gasteiger partial charge on any atom is 0.367 e. The maximum atomic E-state index is 10.6. The quantitative estimate of drug-likeness (QED) is 0.573. The summed E-state index contributed by atoms with van der Waals surface area (Å²) in [7, 11) is 0. The summed E-state index contributed by atoms with van der Waals surface area (Å²) in [6.45, 7) is 2.22. The molecule has 14 heavy (non-hydrogen) atoms. The fraction of sp³-hybridized carbons (Fsp3) is 0.727. The first-order valence-corrected chi connectivity index (χ1v) is 5.48. The van der Waals surface area contributed by atoms with E-state index in [1.165, 1.54) is 32.1 Å². The molecular weight excluding hydrogens is 176 g/mol. The Morgan fingerprint density at radius 2 is 1.86 bits per heavy atom. The predicted octanol–water partition coefficient (Wildman–Crippen LogP) is 3.38. The van der Waals surface area contributed by atoms with Crippen LogP contribution in [-0.4, -0.2) is 18.0 Å². The average Bonchev–Trinajstić information content (AvgIpc) is 2.58. The SMILES string of the molecule is CCCCCCCCC1=NC(=O)N=C1. The van der Waals surface area contributed by atoms with Crippen LogP contribution in [0.5, 0.6) is 0 Å². The van der Waals surface area contributed by atoms with E-state index >= 15 is 0 Å². The summed E-state index contributed by atoms with van der Waals surface area (Å²) in [6.07, 6.45) is 10.1. The molecule has 0 N–H and O–H groups in total. The Balaban J connectivity index is 1.97. The molecule has 0 aromatic carbocycles. The van der Waals surface area contributed by atoms with Gasteiger partial charge in [0.2, 0.25) is 0 Å². The van der Waals surface area contributed by atoms with Gasteiger partial charge in [0.05, 0.1) is 11.9 Å². The van der Waals surface area contributed by atoms with E-state index in [1.54, 1.807) is 6.21 Å². The van der Waals surface area contributed by atoms with Crippen molar-refractivity contribution in [3.8, 4) is 0 Å². The first-order valence-electron chi connectivity index (χ1n) is 5.48. The first kappa shape index (κ1) is 11.1. The van der Waals surface area contributed by atoms with Gasteiger partial charge >= 0.3 is 6.03 Å². The van der Waals surface area contributed by atoms with E-state index in [4.69, 9.17) is 0 Å². The van der Waals surface area contributed by atoms with Gasteiger partial charge in [0, 0.05) is 0 Å². The zero-order valence-corrected chi connectivity index (χ0v) is 8.83. The molecule has 0 atom stereocenters. The van der Waals surface area contributed by atoms with Gasteiger partial charge in [-0.05, 0) is 12.8 Å². The number of unbranched alkanes of at least 4 members (excludes halogenated alkanes) is 5. The second kappa shape index (κ2) is 6.46. The van der Waals surface area contributed by atoms with E-state index in [2.05, 4.69) is 16.9 Å². The molecule has 3 heteroatoms. The Morgan fingerprint density at radius 3 is 2.50 bits per heavy atom. The molecular formula is C11H18N2O. The number of urea groups is 1. The Morgan fingerprint density at radius 1 is 1.14 bits per heavy atom. The highest BCUT2D eigenvalue weighted by Gasteiger charge is 2.06. The van der Waals surface area contributed by atoms with Gasteiger partial charge in [0.1, 0.15) is 0 Å². The molecule has 1 rings (SSSR count). The molecule has 0 bridgehead atoms. The molecule has 0 saturated carbocycles. The highest BCUT2D eigenvalue weighted by molar-refractivity contribution is 6.37. The van der Waals surface area contributed by atoms with Gasteiger partial charge in [0.15, 0.2) is 0 Å². The highest BCUT2D eigenvalue weighted by atomic mass is 16.2. The minimum atomic E-state index is -0.342. The number of hydrogen-bond acceptors (Lipinski definition) is 1. The Bertz CT molecular complexity index is 244. The molecule has 2 amide bonds. The normalized spacial score (nSPS) is 14.9. The lowest BCUT2D eigenvalue weighted by molar-refractivity contribution is 0.257. The molecule has 1 aliphatic rings. The van der Waals surface area contributed by atoms with Gasteiger partial charge in [-0.15, -0.1) is 0 Å². The summed E-state index contributed by atoms with van der Waals surface area (Å²) < 4.78 is 0. The van der Waals surface area contributed by atoms with Crippen molar-refractivity contribution in [2.75, 3.05) is 0 Å². The average molecular weight is 194 g/mol. The minimum absolute atomic E-state index is 0.342. The van der Waals surface area contributed by atoms with Crippen LogP contribution in [0.1, 0.15) is 51.9 Å². The van der Waals surface area contributed by atoms with Gasteiger partial charge in [-0.25, -0.2) is 4.79 Å².